The third-order valence-corrected chi connectivity index (χ3v) is 13.0. The number of ether oxygens (including phenoxy) is 2. The van der Waals surface area contributed by atoms with Crippen molar-refractivity contribution >= 4 is 0 Å². The summed E-state index contributed by atoms with van der Waals surface area (Å²) in [4.78, 5) is 0. The van der Waals surface area contributed by atoms with Crippen molar-refractivity contribution in [2.45, 2.75) is 130 Å². The fourth-order valence-corrected chi connectivity index (χ4v) is 10.5. The van der Waals surface area contributed by atoms with Crippen molar-refractivity contribution in [3.8, 4) is 0 Å². The van der Waals surface area contributed by atoms with E-state index >= 15 is 0 Å². The molecule has 0 aromatic rings. The van der Waals surface area contributed by atoms with Gasteiger partial charge in [-0.1, -0.05) is 46.3 Å². The van der Waals surface area contributed by atoms with E-state index in [9.17, 15) is 20.4 Å². The fraction of sp³-hybridized carbons (Fsp3) is 0.935. The molecule has 5 rings (SSSR count). The molecule has 1 saturated heterocycles. The van der Waals surface area contributed by atoms with Crippen LogP contribution < -0.4 is 0 Å². The lowest BCUT2D eigenvalue weighted by atomic mass is 9.37. The average molecular weight is 521 g/mol. The number of allylic oxidation sites excluding steroid dienone is 1. The zero-order chi connectivity index (χ0) is 27.3. The Morgan fingerprint density at radius 1 is 0.973 bits per heavy atom. The molecule has 4 aliphatic carbocycles. The fourth-order valence-electron chi connectivity index (χ4n) is 10.5. The van der Waals surface area contributed by atoms with Crippen LogP contribution >= 0.6 is 0 Å². The van der Waals surface area contributed by atoms with Crippen molar-refractivity contribution in [3.05, 3.63) is 11.6 Å². The summed E-state index contributed by atoms with van der Waals surface area (Å²) in [5.74, 6) is 0.787. The van der Waals surface area contributed by atoms with Crippen molar-refractivity contribution in [2.75, 3.05) is 7.11 Å². The van der Waals surface area contributed by atoms with Gasteiger partial charge in [-0.2, -0.15) is 0 Å². The molecule has 0 amide bonds. The summed E-state index contributed by atoms with van der Waals surface area (Å²) in [6.45, 7) is 15.2. The molecule has 0 aromatic heterocycles. The molecule has 5 aliphatic rings. The molecule has 0 aromatic carbocycles. The first kappa shape index (κ1) is 28.0. The largest absolute Gasteiger partial charge is 0.393 e. The predicted octanol–water partition coefficient (Wildman–Crippen LogP) is 4.43. The van der Waals surface area contributed by atoms with Gasteiger partial charge in [0.2, 0.25) is 0 Å². The van der Waals surface area contributed by atoms with Crippen molar-refractivity contribution in [1.82, 2.24) is 0 Å². The van der Waals surface area contributed by atoms with E-state index in [2.05, 4.69) is 40.7 Å². The molecule has 12 atom stereocenters. The van der Waals surface area contributed by atoms with E-state index in [-0.39, 0.29) is 45.5 Å². The molecule has 6 nitrogen and oxygen atoms in total. The minimum absolute atomic E-state index is 0.0703. The van der Waals surface area contributed by atoms with Gasteiger partial charge in [-0.15, -0.1) is 0 Å². The Bertz CT molecular complexity index is 929. The number of hydrogen-bond acceptors (Lipinski definition) is 6. The molecule has 37 heavy (non-hydrogen) atoms. The average Bonchev–Trinajstić information content (AvgIpc) is 3.38. The number of fused-ring (bicyclic) bond motifs is 5. The summed E-state index contributed by atoms with van der Waals surface area (Å²) in [6.07, 6.45) is 5.52. The number of aliphatic hydroxyl groups is 4. The highest BCUT2D eigenvalue weighted by atomic mass is 16.6. The smallest absolute Gasteiger partial charge is 0.158 e. The molecule has 0 bridgehead atoms. The standard InChI is InChI=1S/C31H52O6/c1-27(2)22-16-24(33)31(7)20-10-9-18(17-15-19(37-26(17)35)25(34)28(3,4)36-8)29(20,5)13-11-21(31)30(22,6)14-12-23(27)32/h10,17-19,21-26,32-35H,9,11-16H2,1-8H3/t17-,18-,19+,21+,22-,23+,24+,25-,26-,29-,30+,31-/m0/s1. The molecular formula is C31H52O6. The van der Waals surface area contributed by atoms with Gasteiger partial charge in [0.15, 0.2) is 6.29 Å². The summed E-state index contributed by atoms with van der Waals surface area (Å²) in [6, 6.07) is 0. The third kappa shape index (κ3) is 3.72. The second kappa shape index (κ2) is 8.75. The third-order valence-electron chi connectivity index (χ3n) is 13.0. The van der Waals surface area contributed by atoms with E-state index in [0.717, 1.165) is 38.5 Å². The van der Waals surface area contributed by atoms with Crippen molar-refractivity contribution in [3.63, 3.8) is 0 Å². The Hall–Kier alpha value is -0.500. The van der Waals surface area contributed by atoms with E-state index < -0.39 is 30.2 Å². The van der Waals surface area contributed by atoms with Crippen LogP contribution in [0.5, 0.6) is 0 Å². The van der Waals surface area contributed by atoms with Crippen LogP contribution in [-0.4, -0.2) is 63.8 Å². The van der Waals surface area contributed by atoms with Crippen LogP contribution in [0.1, 0.15) is 93.4 Å². The summed E-state index contributed by atoms with van der Waals surface area (Å²) >= 11 is 0. The lowest BCUT2D eigenvalue weighted by Crippen LogP contribution is -2.65. The first-order chi connectivity index (χ1) is 17.0. The lowest BCUT2D eigenvalue weighted by molar-refractivity contribution is -0.213. The second-order valence-corrected chi connectivity index (χ2v) is 15.2. The van der Waals surface area contributed by atoms with Gasteiger partial charge in [-0.3, -0.25) is 0 Å². The van der Waals surface area contributed by atoms with Crippen molar-refractivity contribution in [2.24, 2.45) is 45.3 Å². The number of aliphatic hydroxyl groups excluding tert-OH is 4. The summed E-state index contributed by atoms with van der Waals surface area (Å²) in [5, 5.41) is 44.8. The maximum absolute atomic E-state index is 11.9. The molecule has 6 heteroatoms. The molecule has 4 N–H and O–H groups in total. The van der Waals surface area contributed by atoms with Gasteiger partial charge < -0.3 is 29.9 Å². The highest BCUT2D eigenvalue weighted by Gasteiger charge is 2.68. The van der Waals surface area contributed by atoms with E-state index in [4.69, 9.17) is 9.47 Å². The van der Waals surface area contributed by atoms with Crippen LogP contribution in [0.2, 0.25) is 0 Å². The van der Waals surface area contributed by atoms with Crippen LogP contribution in [-0.2, 0) is 9.47 Å². The molecule has 4 fully saturated rings. The SMILES string of the molecule is COC(C)(C)[C@@H](O)[C@H]1C[C@@H]([C@@H]2CC=C3[C@]4(C)[C@H](O)C[C@H]5C(C)(C)[C@H](O)CC[C@]5(C)[C@H]4CC[C@]32C)[C@@H](O)O1. The van der Waals surface area contributed by atoms with Crippen LogP contribution in [0.25, 0.3) is 0 Å². The van der Waals surface area contributed by atoms with E-state index in [1.165, 1.54) is 5.57 Å². The monoisotopic (exact) mass is 520 g/mol. The van der Waals surface area contributed by atoms with E-state index in [1.54, 1.807) is 7.11 Å². The second-order valence-electron chi connectivity index (χ2n) is 15.2. The normalized spacial score (nSPS) is 52.2. The van der Waals surface area contributed by atoms with Gasteiger partial charge in [0.05, 0.1) is 23.9 Å². The number of hydrogen-bond donors (Lipinski definition) is 4. The van der Waals surface area contributed by atoms with Gasteiger partial charge >= 0.3 is 0 Å². The first-order valence-electron chi connectivity index (χ1n) is 14.7. The molecule has 212 valence electrons. The minimum Gasteiger partial charge on any atom is -0.393 e. The van der Waals surface area contributed by atoms with E-state index in [1.807, 2.05) is 13.8 Å². The zero-order valence-electron chi connectivity index (χ0n) is 24.3. The molecule has 3 saturated carbocycles. The van der Waals surface area contributed by atoms with Crippen LogP contribution in [0, 0.1) is 45.3 Å². The molecule has 0 spiro atoms. The van der Waals surface area contributed by atoms with Crippen LogP contribution in [0.15, 0.2) is 11.6 Å². The maximum atomic E-state index is 11.9. The van der Waals surface area contributed by atoms with Crippen LogP contribution in [0.3, 0.4) is 0 Å². The first-order valence-corrected chi connectivity index (χ1v) is 14.7. The number of rotatable bonds is 4. The molecular weight excluding hydrogens is 468 g/mol. The topological polar surface area (TPSA) is 99.4 Å². The molecule has 0 radical (unpaired) electrons. The summed E-state index contributed by atoms with van der Waals surface area (Å²) < 4.78 is 11.5. The van der Waals surface area contributed by atoms with Crippen molar-refractivity contribution in [1.29, 1.82) is 0 Å². The molecule has 1 heterocycles. The highest BCUT2D eigenvalue weighted by Crippen LogP contribution is 2.73. The Kier molecular flexibility index (Phi) is 6.63. The van der Waals surface area contributed by atoms with Gasteiger partial charge in [0.1, 0.15) is 6.10 Å². The van der Waals surface area contributed by atoms with Crippen molar-refractivity contribution < 1.29 is 29.9 Å². The minimum atomic E-state index is -0.911. The van der Waals surface area contributed by atoms with E-state index in [0.29, 0.717) is 12.3 Å². The quantitative estimate of drug-likeness (QED) is 0.409. The van der Waals surface area contributed by atoms with Gasteiger partial charge in [-0.05, 0) is 92.8 Å². The van der Waals surface area contributed by atoms with Gasteiger partial charge in [0.25, 0.3) is 0 Å². The van der Waals surface area contributed by atoms with Crippen LogP contribution in [0.4, 0.5) is 0 Å². The molecule has 1 aliphatic heterocycles. The summed E-state index contributed by atoms with van der Waals surface area (Å²) in [7, 11) is 1.59. The Morgan fingerprint density at radius 2 is 1.65 bits per heavy atom. The maximum Gasteiger partial charge on any atom is 0.158 e. The predicted molar refractivity (Wildman–Crippen MR) is 142 cm³/mol. The Morgan fingerprint density at radius 3 is 2.30 bits per heavy atom. The Labute approximate surface area is 223 Å². The number of methoxy groups -OCH3 is 1. The summed E-state index contributed by atoms with van der Waals surface area (Å²) in [5.41, 5.74) is 0.0594. The zero-order valence-corrected chi connectivity index (χ0v) is 24.3. The highest BCUT2D eigenvalue weighted by molar-refractivity contribution is 5.36. The van der Waals surface area contributed by atoms with Gasteiger partial charge in [-0.25, -0.2) is 0 Å². The Balaban J connectivity index is 1.43. The molecule has 0 unspecified atom stereocenters. The van der Waals surface area contributed by atoms with Gasteiger partial charge in [0, 0.05) is 18.4 Å². The lowest BCUT2D eigenvalue weighted by Gasteiger charge is -2.68.